The zero-order valence-corrected chi connectivity index (χ0v) is 13.6. The Bertz CT molecular complexity index is 510. The minimum Gasteiger partial charge on any atom is -0.444 e. The number of alkyl carbamates (subject to hydrolysis) is 1. The zero-order valence-electron chi connectivity index (χ0n) is 12.0. The Labute approximate surface area is 130 Å². The number of alkyl halides is 3. The van der Waals surface area contributed by atoms with Crippen LogP contribution < -0.4 is 5.32 Å². The summed E-state index contributed by atoms with van der Waals surface area (Å²) in [5.41, 5.74) is -1.22. The second-order valence-electron chi connectivity index (χ2n) is 5.48. The predicted molar refractivity (Wildman–Crippen MR) is 77.1 cm³/mol. The number of carbonyl (C=O) groups excluding carboxylic acids is 1. The fourth-order valence-electron chi connectivity index (χ4n) is 1.64. The maximum Gasteiger partial charge on any atom is 0.416 e. The van der Waals surface area contributed by atoms with Crippen molar-refractivity contribution in [3.8, 4) is 0 Å². The van der Waals surface area contributed by atoms with Crippen molar-refractivity contribution in [1.82, 2.24) is 5.32 Å². The number of ether oxygens (including phenoxy) is 1. The van der Waals surface area contributed by atoms with Crippen LogP contribution in [0.2, 0.25) is 0 Å². The Balaban J connectivity index is 2.66. The standard InChI is InChI=1S/C14H17BrF3NO2/c1-13(2,3)21-12(20)19-7-6-9-4-5-10(15)8-11(9)14(16,17)18/h4-5,8H,6-7H2,1-3H3,(H,19,20). The first-order valence-electron chi connectivity index (χ1n) is 6.31. The maximum atomic E-state index is 12.9. The van der Waals surface area contributed by atoms with E-state index in [-0.39, 0.29) is 18.5 Å². The highest BCUT2D eigenvalue weighted by molar-refractivity contribution is 9.10. The number of halogens is 4. The third kappa shape index (κ3) is 6.37. The van der Waals surface area contributed by atoms with Crippen molar-refractivity contribution in [3.63, 3.8) is 0 Å². The molecule has 0 radical (unpaired) electrons. The van der Waals surface area contributed by atoms with E-state index in [1.54, 1.807) is 20.8 Å². The van der Waals surface area contributed by atoms with E-state index in [0.29, 0.717) is 4.47 Å². The first-order valence-corrected chi connectivity index (χ1v) is 7.11. The Hall–Kier alpha value is -1.24. The second-order valence-corrected chi connectivity index (χ2v) is 6.39. The number of rotatable bonds is 3. The van der Waals surface area contributed by atoms with Gasteiger partial charge in [0.2, 0.25) is 0 Å². The van der Waals surface area contributed by atoms with Crippen molar-refractivity contribution >= 4 is 22.0 Å². The number of hydrogen-bond donors (Lipinski definition) is 1. The predicted octanol–water partition coefficient (Wildman–Crippen LogP) is 4.54. The Morgan fingerprint density at radius 1 is 1.29 bits per heavy atom. The fourth-order valence-corrected chi connectivity index (χ4v) is 2.01. The summed E-state index contributed by atoms with van der Waals surface area (Å²) in [5.74, 6) is 0. The van der Waals surface area contributed by atoms with Crippen LogP contribution in [0.1, 0.15) is 31.9 Å². The van der Waals surface area contributed by atoms with E-state index in [9.17, 15) is 18.0 Å². The molecule has 118 valence electrons. The third-order valence-corrected chi connectivity index (χ3v) is 2.93. The molecule has 0 spiro atoms. The number of nitrogens with one attached hydrogen (secondary N) is 1. The van der Waals surface area contributed by atoms with Crippen LogP contribution in [0.5, 0.6) is 0 Å². The van der Waals surface area contributed by atoms with Crippen molar-refractivity contribution < 1.29 is 22.7 Å². The maximum absolute atomic E-state index is 12.9. The highest BCUT2D eigenvalue weighted by Crippen LogP contribution is 2.34. The van der Waals surface area contributed by atoms with E-state index in [4.69, 9.17) is 4.74 Å². The average Bonchev–Trinajstić information content (AvgIpc) is 2.27. The molecule has 21 heavy (non-hydrogen) atoms. The van der Waals surface area contributed by atoms with Crippen LogP contribution in [0.25, 0.3) is 0 Å². The molecule has 0 aromatic heterocycles. The van der Waals surface area contributed by atoms with E-state index in [2.05, 4.69) is 21.2 Å². The Morgan fingerprint density at radius 3 is 2.43 bits per heavy atom. The van der Waals surface area contributed by atoms with Gasteiger partial charge < -0.3 is 10.1 Å². The van der Waals surface area contributed by atoms with Crippen molar-refractivity contribution in [2.45, 2.75) is 39.0 Å². The molecule has 0 aliphatic carbocycles. The number of benzene rings is 1. The van der Waals surface area contributed by atoms with Gasteiger partial charge in [0, 0.05) is 11.0 Å². The lowest BCUT2D eigenvalue weighted by molar-refractivity contribution is -0.138. The molecule has 1 amide bonds. The first kappa shape index (κ1) is 17.8. The molecule has 0 bridgehead atoms. The largest absolute Gasteiger partial charge is 0.444 e. The molecule has 0 aliphatic rings. The van der Waals surface area contributed by atoms with Crippen molar-refractivity contribution in [3.05, 3.63) is 33.8 Å². The first-order chi connectivity index (χ1) is 9.49. The summed E-state index contributed by atoms with van der Waals surface area (Å²) < 4.78 is 44.1. The van der Waals surface area contributed by atoms with Crippen LogP contribution in [0.3, 0.4) is 0 Å². The summed E-state index contributed by atoms with van der Waals surface area (Å²) in [5, 5.41) is 2.44. The lowest BCUT2D eigenvalue weighted by Crippen LogP contribution is -2.33. The summed E-state index contributed by atoms with van der Waals surface area (Å²) in [7, 11) is 0. The van der Waals surface area contributed by atoms with Gasteiger partial charge in [-0.1, -0.05) is 22.0 Å². The van der Waals surface area contributed by atoms with E-state index < -0.39 is 23.4 Å². The summed E-state index contributed by atoms with van der Waals surface area (Å²) in [6.45, 7) is 5.20. The van der Waals surface area contributed by atoms with E-state index in [0.717, 1.165) is 6.07 Å². The van der Waals surface area contributed by atoms with Gasteiger partial charge in [0.1, 0.15) is 5.60 Å². The molecule has 1 aromatic rings. The third-order valence-electron chi connectivity index (χ3n) is 2.44. The lowest BCUT2D eigenvalue weighted by atomic mass is 10.0. The molecule has 0 heterocycles. The van der Waals surface area contributed by atoms with Crippen LogP contribution in [0.15, 0.2) is 22.7 Å². The van der Waals surface area contributed by atoms with Crippen molar-refractivity contribution in [1.29, 1.82) is 0 Å². The molecule has 0 unspecified atom stereocenters. The fraction of sp³-hybridized carbons (Fsp3) is 0.500. The van der Waals surface area contributed by atoms with Gasteiger partial charge in [-0.25, -0.2) is 4.79 Å². The molecule has 3 nitrogen and oxygen atoms in total. The summed E-state index contributed by atoms with van der Waals surface area (Å²) in [6, 6.07) is 3.96. The van der Waals surface area contributed by atoms with Crippen LogP contribution in [0, 0.1) is 0 Å². The van der Waals surface area contributed by atoms with Crippen molar-refractivity contribution in [2.24, 2.45) is 0 Å². The zero-order chi connectivity index (χ0) is 16.3. The molecule has 0 fully saturated rings. The average molecular weight is 368 g/mol. The van der Waals surface area contributed by atoms with Gasteiger partial charge in [-0.2, -0.15) is 13.2 Å². The molecule has 1 rings (SSSR count). The normalized spacial score (nSPS) is 12.1. The minimum atomic E-state index is -4.43. The van der Waals surface area contributed by atoms with E-state index in [1.807, 2.05) is 0 Å². The minimum absolute atomic E-state index is 0.0691. The molecule has 0 saturated carbocycles. The SMILES string of the molecule is CC(C)(C)OC(=O)NCCc1ccc(Br)cc1C(F)(F)F. The quantitative estimate of drug-likeness (QED) is 0.851. The topological polar surface area (TPSA) is 38.3 Å². The molecule has 1 aromatic carbocycles. The highest BCUT2D eigenvalue weighted by Gasteiger charge is 2.33. The van der Waals surface area contributed by atoms with Gasteiger partial charge >= 0.3 is 12.3 Å². The summed E-state index contributed by atoms with van der Waals surface area (Å²) >= 11 is 3.02. The Kier molecular flexibility index (Phi) is 5.67. The van der Waals surface area contributed by atoms with Crippen LogP contribution in [0.4, 0.5) is 18.0 Å². The lowest BCUT2D eigenvalue weighted by Gasteiger charge is -2.20. The molecule has 7 heteroatoms. The molecule has 0 saturated heterocycles. The molecular formula is C14H17BrF3NO2. The van der Waals surface area contributed by atoms with Gasteiger partial charge in [0.15, 0.2) is 0 Å². The van der Waals surface area contributed by atoms with Gasteiger partial charge in [0.25, 0.3) is 0 Å². The smallest absolute Gasteiger partial charge is 0.416 e. The number of hydrogen-bond acceptors (Lipinski definition) is 2. The van der Waals surface area contributed by atoms with Crippen LogP contribution >= 0.6 is 15.9 Å². The van der Waals surface area contributed by atoms with Crippen molar-refractivity contribution in [2.75, 3.05) is 6.54 Å². The molecule has 0 atom stereocenters. The highest BCUT2D eigenvalue weighted by atomic mass is 79.9. The van der Waals surface area contributed by atoms with Crippen LogP contribution in [-0.4, -0.2) is 18.2 Å². The summed E-state index contributed by atoms with van der Waals surface area (Å²) in [4.78, 5) is 11.4. The Morgan fingerprint density at radius 2 is 1.90 bits per heavy atom. The summed E-state index contributed by atoms with van der Waals surface area (Å²) in [6.07, 6.45) is -5.00. The van der Waals surface area contributed by atoms with Gasteiger partial charge in [0.05, 0.1) is 5.56 Å². The monoisotopic (exact) mass is 367 g/mol. The van der Waals surface area contributed by atoms with Gasteiger partial charge in [-0.05, 0) is 44.9 Å². The van der Waals surface area contributed by atoms with Crippen LogP contribution in [-0.2, 0) is 17.3 Å². The van der Waals surface area contributed by atoms with Gasteiger partial charge in [-0.15, -0.1) is 0 Å². The van der Waals surface area contributed by atoms with E-state index in [1.165, 1.54) is 12.1 Å². The molecule has 0 aliphatic heterocycles. The molecular weight excluding hydrogens is 351 g/mol. The number of amides is 1. The van der Waals surface area contributed by atoms with Gasteiger partial charge in [-0.3, -0.25) is 0 Å². The van der Waals surface area contributed by atoms with E-state index >= 15 is 0 Å². The second kappa shape index (κ2) is 6.68. The molecule has 1 N–H and O–H groups in total. The number of carbonyl (C=O) groups is 1.